The van der Waals surface area contributed by atoms with Gasteiger partial charge < -0.3 is 9.88 Å². The molecule has 0 spiro atoms. The number of benzene rings is 2. The molecule has 1 N–H and O–H groups in total. The van der Waals surface area contributed by atoms with Gasteiger partial charge in [-0.2, -0.15) is 0 Å². The van der Waals surface area contributed by atoms with Crippen LogP contribution in [0.1, 0.15) is 43.7 Å². The standard InChI is InChI=1S/C22H25FN2O/c1-3-12-24-22(26)14-19(16-8-7-9-17(23)13-16)20-15-25(4-2)21-11-6-5-10-18(20)21/h5-11,13,15,19H,3-4,12,14H2,1-2H3,(H,24,26). The summed E-state index contributed by atoms with van der Waals surface area (Å²) in [5, 5.41) is 4.06. The number of rotatable bonds is 7. The number of hydrogen-bond acceptors (Lipinski definition) is 1. The number of amides is 1. The van der Waals surface area contributed by atoms with Crippen molar-refractivity contribution in [3.05, 3.63) is 71.7 Å². The topological polar surface area (TPSA) is 34.0 Å². The van der Waals surface area contributed by atoms with Gasteiger partial charge in [-0.25, -0.2) is 4.39 Å². The second-order valence-corrected chi connectivity index (χ2v) is 6.55. The molecule has 0 radical (unpaired) electrons. The average Bonchev–Trinajstić information content (AvgIpc) is 3.03. The molecule has 1 atom stereocenters. The highest BCUT2D eigenvalue weighted by molar-refractivity contribution is 5.86. The van der Waals surface area contributed by atoms with E-state index in [0.29, 0.717) is 13.0 Å². The summed E-state index contributed by atoms with van der Waals surface area (Å²) in [4.78, 5) is 12.4. The highest BCUT2D eigenvalue weighted by atomic mass is 19.1. The van der Waals surface area contributed by atoms with Crippen LogP contribution in [0.15, 0.2) is 54.7 Å². The van der Waals surface area contributed by atoms with E-state index in [0.717, 1.165) is 35.0 Å². The van der Waals surface area contributed by atoms with Crippen LogP contribution in [0.25, 0.3) is 10.9 Å². The lowest BCUT2D eigenvalue weighted by Gasteiger charge is -2.17. The van der Waals surface area contributed by atoms with Crippen LogP contribution in [0, 0.1) is 5.82 Å². The Morgan fingerprint density at radius 3 is 2.69 bits per heavy atom. The second kappa shape index (κ2) is 8.17. The van der Waals surface area contributed by atoms with E-state index >= 15 is 0 Å². The van der Waals surface area contributed by atoms with Gasteiger partial charge in [0.1, 0.15) is 5.82 Å². The molecule has 3 rings (SSSR count). The van der Waals surface area contributed by atoms with Crippen molar-refractivity contribution >= 4 is 16.8 Å². The maximum absolute atomic E-state index is 13.9. The van der Waals surface area contributed by atoms with Crippen molar-refractivity contribution in [3.8, 4) is 0 Å². The number of aromatic nitrogens is 1. The van der Waals surface area contributed by atoms with E-state index in [4.69, 9.17) is 0 Å². The molecule has 0 aliphatic rings. The summed E-state index contributed by atoms with van der Waals surface area (Å²) in [6.07, 6.45) is 3.31. The van der Waals surface area contributed by atoms with Crippen LogP contribution >= 0.6 is 0 Å². The zero-order valence-corrected chi connectivity index (χ0v) is 15.3. The first-order valence-electron chi connectivity index (χ1n) is 9.24. The SMILES string of the molecule is CCCNC(=O)CC(c1cccc(F)c1)c1cn(CC)c2ccccc12. The molecule has 0 saturated carbocycles. The summed E-state index contributed by atoms with van der Waals surface area (Å²) < 4.78 is 16.0. The van der Waals surface area contributed by atoms with Crippen LogP contribution in [-0.4, -0.2) is 17.0 Å². The van der Waals surface area contributed by atoms with Gasteiger partial charge in [-0.1, -0.05) is 37.3 Å². The molecule has 0 aliphatic heterocycles. The minimum atomic E-state index is -0.277. The van der Waals surface area contributed by atoms with Gasteiger partial charge in [-0.15, -0.1) is 0 Å². The normalized spacial score (nSPS) is 12.3. The van der Waals surface area contributed by atoms with Crippen LogP contribution in [0.2, 0.25) is 0 Å². The third-order valence-corrected chi connectivity index (χ3v) is 4.75. The summed E-state index contributed by atoms with van der Waals surface area (Å²) in [5.74, 6) is -0.463. The molecular formula is C22H25FN2O. The number of nitrogens with one attached hydrogen (secondary N) is 1. The van der Waals surface area contributed by atoms with Gasteiger partial charge in [0.2, 0.25) is 5.91 Å². The molecule has 0 fully saturated rings. The fraction of sp³-hybridized carbons (Fsp3) is 0.318. The largest absolute Gasteiger partial charge is 0.356 e. The van der Waals surface area contributed by atoms with E-state index in [9.17, 15) is 9.18 Å². The van der Waals surface area contributed by atoms with Gasteiger partial charge in [-0.05, 0) is 42.7 Å². The lowest BCUT2D eigenvalue weighted by atomic mass is 9.88. The second-order valence-electron chi connectivity index (χ2n) is 6.55. The molecule has 1 unspecified atom stereocenters. The number of carbonyl (C=O) groups excluding carboxylic acids is 1. The number of fused-ring (bicyclic) bond motifs is 1. The number of carbonyl (C=O) groups is 1. The highest BCUT2D eigenvalue weighted by Crippen LogP contribution is 2.35. The Morgan fingerprint density at radius 1 is 1.15 bits per heavy atom. The third kappa shape index (κ3) is 3.79. The first kappa shape index (κ1) is 18.2. The maximum Gasteiger partial charge on any atom is 0.220 e. The zero-order valence-electron chi connectivity index (χ0n) is 15.3. The predicted octanol–water partition coefficient (Wildman–Crippen LogP) is 4.85. The third-order valence-electron chi connectivity index (χ3n) is 4.75. The summed E-state index contributed by atoms with van der Waals surface area (Å²) in [6.45, 7) is 5.63. The van der Waals surface area contributed by atoms with Crippen LogP contribution in [0.5, 0.6) is 0 Å². The number of para-hydroxylation sites is 1. The smallest absolute Gasteiger partial charge is 0.220 e. The molecule has 1 heterocycles. The Morgan fingerprint density at radius 2 is 1.96 bits per heavy atom. The molecular weight excluding hydrogens is 327 g/mol. The predicted molar refractivity (Wildman–Crippen MR) is 104 cm³/mol. The maximum atomic E-state index is 13.9. The number of hydrogen-bond donors (Lipinski definition) is 1. The summed E-state index contributed by atoms with van der Waals surface area (Å²) in [7, 11) is 0. The van der Waals surface area contributed by atoms with Gasteiger partial charge in [0.25, 0.3) is 0 Å². The van der Waals surface area contributed by atoms with Crippen molar-refractivity contribution in [1.29, 1.82) is 0 Å². The van der Waals surface area contributed by atoms with Gasteiger partial charge in [-0.3, -0.25) is 4.79 Å². The average molecular weight is 352 g/mol. The van der Waals surface area contributed by atoms with Gasteiger partial charge in [0.05, 0.1) is 0 Å². The van der Waals surface area contributed by atoms with Crippen molar-refractivity contribution < 1.29 is 9.18 Å². The molecule has 136 valence electrons. The molecule has 0 saturated heterocycles. The number of aryl methyl sites for hydroxylation is 1. The highest BCUT2D eigenvalue weighted by Gasteiger charge is 2.22. The summed E-state index contributed by atoms with van der Waals surface area (Å²) in [6, 6.07) is 14.8. The monoisotopic (exact) mass is 352 g/mol. The van der Waals surface area contributed by atoms with Crippen molar-refractivity contribution in [2.75, 3.05) is 6.54 Å². The van der Waals surface area contributed by atoms with E-state index in [1.165, 1.54) is 12.1 Å². The van der Waals surface area contributed by atoms with Crippen molar-refractivity contribution in [3.63, 3.8) is 0 Å². The van der Waals surface area contributed by atoms with Crippen LogP contribution in [0.4, 0.5) is 4.39 Å². The fourth-order valence-corrected chi connectivity index (χ4v) is 3.47. The van der Waals surface area contributed by atoms with Crippen molar-refractivity contribution in [2.45, 2.75) is 39.2 Å². The molecule has 3 nitrogen and oxygen atoms in total. The van der Waals surface area contributed by atoms with E-state index in [-0.39, 0.29) is 17.6 Å². The minimum Gasteiger partial charge on any atom is -0.356 e. The summed E-state index contributed by atoms with van der Waals surface area (Å²) >= 11 is 0. The van der Waals surface area contributed by atoms with Crippen LogP contribution < -0.4 is 5.32 Å². The first-order chi connectivity index (χ1) is 12.6. The summed E-state index contributed by atoms with van der Waals surface area (Å²) in [5.41, 5.74) is 3.04. The Hall–Kier alpha value is -2.62. The van der Waals surface area contributed by atoms with Crippen LogP contribution in [0.3, 0.4) is 0 Å². The minimum absolute atomic E-state index is 0.00515. The van der Waals surface area contributed by atoms with Crippen molar-refractivity contribution in [2.24, 2.45) is 0 Å². The van der Waals surface area contributed by atoms with Crippen molar-refractivity contribution in [1.82, 2.24) is 9.88 Å². The lowest BCUT2D eigenvalue weighted by Crippen LogP contribution is -2.26. The van der Waals surface area contributed by atoms with E-state index < -0.39 is 0 Å². The number of halogens is 1. The molecule has 2 aromatic carbocycles. The Balaban J connectivity index is 2.07. The van der Waals surface area contributed by atoms with Crippen LogP contribution in [-0.2, 0) is 11.3 Å². The molecule has 1 aromatic heterocycles. The lowest BCUT2D eigenvalue weighted by molar-refractivity contribution is -0.121. The molecule has 26 heavy (non-hydrogen) atoms. The first-order valence-corrected chi connectivity index (χ1v) is 9.24. The van der Waals surface area contributed by atoms with Gasteiger partial charge >= 0.3 is 0 Å². The Bertz CT molecular complexity index is 900. The zero-order chi connectivity index (χ0) is 18.5. The number of nitrogens with zero attached hydrogens (tertiary/aromatic N) is 1. The quantitative estimate of drug-likeness (QED) is 0.648. The Labute approximate surface area is 153 Å². The molecule has 4 heteroatoms. The van der Waals surface area contributed by atoms with Gasteiger partial charge in [0.15, 0.2) is 0 Å². The van der Waals surface area contributed by atoms with E-state index in [1.807, 2.05) is 25.1 Å². The van der Waals surface area contributed by atoms with Gasteiger partial charge in [0, 0.05) is 42.5 Å². The van der Waals surface area contributed by atoms with E-state index in [2.05, 4.69) is 35.1 Å². The molecule has 1 amide bonds. The molecule has 0 aliphatic carbocycles. The molecule has 0 bridgehead atoms. The molecule has 3 aromatic rings. The Kier molecular flexibility index (Phi) is 5.71. The fourth-order valence-electron chi connectivity index (χ4n) is 3.47. The van der Waals surface area contributed by atoms with E-state index in [1.54, 1.807) is 6.07 Å².